The van der Waals surface area contributed by atoms with E-state index in [4.69, 9.17) is 23.2 Å². The van der Waals surface area contributed by atoms with Crippen LogP contribution in [0.25, 0.3) is 0 Å². The van der Waals surface area contributed by atoms with Gasteiger partial charge in [-0.25, -0.2) is 0 Å². The highest BCUT2D eigenvalue weighted by Crippen LogP contribution is 2.24. The Balaban J connectivity index is 2.19. The number of carbonyl (C=O) groups is 2. The zero-order chi connectivity index (χ0) is 22.1. The van der Waals surface area contributed by atoms with Crippen LogP contribution in [0.4, 0.5) is 0 Å². The highest BCUT2D eigenvalue weighted by atomic mass is 35.5. The SMILES string of the molecule is CCNC(=O)[C@@H](CC)N(Cc1ccc(Cl)c(Cl)c1)C(=O)CCc1ccc(CC)cc1. The summed E-state index contributed by atoms with van der Waals surface area (Å²) in [5.41, 5.74) is 3.22. The van der Waals surface area contributed by atoms with Crippen LogP contribution in [0.3, 0.4) is 0 Å². The van der Waals surface area contributed by atoms with E-state index in [2.05, 4.69) is 36.5 Å². The molecule has 6 heteroatoms. The maximum atomic E-state index is 13.2. The Morgan fingerprint density at radius 1 is 0.933 bits per heavy atom. The van der Waals surface area contributed by atoms with E-state index in [9.17, 15) is 9.59 Å². The second kappa shape index (κ2) is 12.0. The van der Waals surface area contributed by atoms with Gasteiger partial charge in [-0.3, -0.25) is 9.59 Å². The third kappa shape index (κ3) is 6.75. The Morgan fingerprint density at radius 2 is 1.57 bits per heavy atom. The average molecular weight is 449 g/mol. The number of halogens is 2. The Morgan fingerprint density at radius 3 is 2.13 bits per heavy atom. The van der Waals surface area contributed by atoms with Gasteiger partial charge in [-0.2, -0.15) is 0 Å². The summed E-state index contributed by atoms with van der Waals surface area (Å²) >= 11 is 12.2. The topological polar surface area (TPSA) is 49.4 Å². The molecule has 1 atom stereocenters. The van der Waals surface area contributed by atoms with E-state index in [1.54, 1.807) is 17.0 Å². The summed E-state index contributed by atoms with van der Waals surface area (Å²) in [5, 5.41) is 3.74. The molecule has 2 aromatic rings. The van der Waals surface area contributed by atoms with E-state index in [1.807, 2.05) is 19.9 Å². The smallest absolute Gasteiger partial charge is 0.242 e. The quantitative estimate of drug-likeness (QED) is 0.526. The van der Waals surface area contributed by atoms with Crippen molar-refractivity contribution in [1.29, 1.82) is 0 Å². The lowest BCUT2D eigenvalue weighted by molar-refractivity contribution is -0.141. The van der Waals surface area contributed by atoms with Gasteiger partial charge in [-0.15, -0.1) is 0 Å². The number of hydrogen-bond acceptors (Lipinski definition) is 2. The number of benzene rings is 2. The van der Waals surface area contributed by atoms with Crippen LogP contribution < -0.4 is 5.32 Å². The van der Waals surface area contributed by atoms with Crippen LogP contribution in [0.1, 0.15) is 50.3 Å². The summed E-state index contributed by atoms with van der Waals surface area (Å²) in [6, 6.07) is 13.1. The van der Waals surface area contributed by atoms with Crippen molar-refractivity contribution in [2.45, 2.75) is 59.0 Å². The van der Waals surface area contributed by atoms with E-state index < -0.39 is 6.04 Å². The lowest BCUT2D eigenvalue weighted by atomic mass is 10.0. The van der Waals surface area contributed by atoms with Gasteiger partial charge < -0.3 is 10.2 Å². The molecule has 30 heavy (non-hydrogen) atoms. The van der Waals surface area contributed by atoms with Gasteiger partial charge in [-0.1, -0.05) is 67.4 Å². The molecule has 0 radical (unpaired) electrons. The van der Waals surface area contributed by atoms with Gasteiger partial charge in [0, 0.05) is 19.5 Å². The van der Waals surface area contributed by atoms with Crippen LogP contribution in [0.15, 0.2) is 42.5 Å². The maximum absolute atomic E-state index is 13.2. The number of likely N-dealkylation sites (N-methyl/N-ethyl adjacent to an activating group) is 1. The highest BCUT2D eigenvalue weighted by molar-refractivity contribution is 6.42. The predicted molar refractivity (Wildman–Crippen MR) is 124 cm³/mol. The van der Waals surface area contributed by atoms with Crippen LogP contribution in [-0.2, 0) is 29.0 Å². The summed E-state index contributed by atoms with van der Waals surface area (Å²) in [7, 11) is 0. The molecule has 1 N–H and O–H groups in total. The van der Waals surface area contributed by atoms with Crippen LogP contribution in [0.5, 0.6) is 0 Å². The third-order valence-corrected chi connectivity index (χ3v) is 5.87. The molecule has 0 fully saturated rings. The first-order valence-corrected chi connectivity index (χ1v) is 11.2. The van der Waals surface area contributed by atoms with E-state index in [0.29, 0.717) is 42.4 Å². The molecule has 0 unspecified atom stereocenters. The fourth-order valence-electron chi connectivity index (χ4n) is 3.38. The minimum Gasteiger partial charge on any atom is -0.355 e. The molecule has 0 saturated carbocycles. The number of rotatable bonds is 10. The summed E-state index contributed by atoms with van der Waals surface area (Å²) in [6.07, 6.45) is 2.49. The van der Waals surface area contributed by atoms with Gasteiger partial charge in [0.1, 0.15) is 6.04 Å². The molecule has 2 rings (SSSR count). The predicted octanol–water partition coefficient (Wildman–Crippen LogP) is 5.43. The summed E-state index contributed by atoms with van der Waals surface area (Å²) in [4.78, 5) is 27.5. The Bertz CT molecular complexity index is 853. The molecule has 0 aliphatic carbocycles. The lowest BCUT2D eigenvalue weighted by Gasteiger charge is -2.30. The number of amides is 2. The van der Waals surface area contributed by atoms with Crippen molar-refractivity contribution < 1.29 is 9.59 Å². The average Bonchev–Trinajstić information content (AvgIpc) is 2.75. The molecule has 0 aromatic heterocycles. The molecule has 4 nitrogen and oxygen atoms in total. The van der Waals surface area contributed by atoms with E-state index in [0.717, 1.165) is 17.5 Å². The molecule has 0 aliphatic heterocycles. The van der Waals surface area contributed by atoms with Gasteiger partial charge in [0.25, 0.3) is 0 Å². The van der Waals surface area contributed by atoms with E-state index in [-0.39, 0.29) is 11.8 Å². The third-order valence-electron chi connectivity index (χ3n) is 5.13. The molecule has 0 bridgehead atoms. The zero-order valence-electron chi connectivity index (χ0n) is 17.9. The fourth-order valence-corrected chi connectivity index (χ4v) is 3.70. The first kappa shape index (κ1) is 24.2. The fraction of sp³-hybridized carbons (Fsp3) is 0.417. The molecule has 2 aromatic carbocycles. The van der Waals surface area contributed by atoms with E-state index in [1.165, 1.54) is 5.56 Å². The second-order valence-corrected chi connectivity index (χ2v) is 8.07. The molecular weight excluding hydrogens is 419 g/mol. The van der Waals surface area contributed by atoms with Crippen molar-refractivity contribution in [2.75, 3.05) is 6.54 Å². The Kier molecular flexibility index (Phi) is 9.67. The first-order chi connectivity index (χ1) is 14.4. The second-order valence-electron chi connectivity index (χ2n) is 7.26. The van der Waals surface area contributed by atoms with Crippen molar-refractivity contribution in [3.05, 3.63) is 69.2 Å². The van der Waals surface area contributed by atoms with Gasteiger partial charge in [0.05, 0.1) is 10.0 Å². The minimum absolute atomic E-state index is 0.0567. The summed E-state index contributed by atoms with van der Waals surface area (Å²) < 4.78 is 0. The molecule has 2 amide bonds. The van der Waals surface area contributed by atoms with Gasteiger partial charge >= 0.3 is 0 Å². The largest absolute Gasteiger partial charge is 0.355 e. The van der Waals surface area contributed by atoms with Crippen LogP contribution in [0, 0.1) is 0 Å². The van der Waals surface area contributed by atoms with Crippen molar-refractivity contribution in [3.8, 4) is 0 Å². The van der Waals surface area contributed by atoms with Crippen molar-refractivity contribution in [1.82, 2.24) is 10.2 Å². The van der Waals surface area contributed by atoms with Crippen molar-refractivity contribution >= 4 is 35.0 Å². The minimum atomic E-state index is -0.533. The number of aryl methyl sites for hydroxylation is 2. The monoisotopic (exact) mass is 448 g/mol. The van der Waals surface area contributed by atoms with Crippen molar-refractivity contribution in [3.63, 3.8) is 0 Å². The maximum Gasteiger partial charge on any atom is 0.242 e. The van der Waals surface area contributed by atoms with Crippen LogP contribution >= 0.6 is 23.2 Å². The Labute approximate surface area is 189 Å². The number of hydrogen-bond donors (Lipinski definition) is 1. The van der Waals surface area contributed by atoms with E-state index >= 15 is 0 Å². The summed E-state index contributed by atoms with van der Waals surface area (Å²) in [6.45, 7) is 6.73. The molecular formula is C24H30Cl2N2O2. The zero-order valence-corrected chi connectivity index (χ0v) is 19.4. The molecule has 0 spiro atoms. The number of nitrogens with one attached hydrogen (secondary N) is 1. The molecule has 0 aliphatic rings. The molecule has 162 valence electrons. The van der Waals surface area contributed by atoms with Gasteiger partial charge in [0.15, 0.2) is 0 Å². The summed E-state index contributed by atoms with van der Waals surface area (Å²) in [5.74, 6) is -0.195. The number of carbonyl (C=O) groups excluding carboxylic acids is 2. The van der Waals surface area contributed by atoms with Gasteiger partial charge in [0.2, 0.25) is 11.8 Å². The first-order valence-electron chi connectivity index (χ1n) is 10.5. The number of nitrogens with zero attached hydrogens (tertiary/aromatic N) is 1. The van der Waals surface area contributed by atoms with Crippen molar-refractivity contribution in [2.24, 2.45) is 0 Å². The standard InChI is InChI=1S/C24H30Cl2N2O2/c1-4-17-7-9-18(10-8-17)12-14-23(29)28(22(5-2)24(30)27-6-3)16-19-11-13-20(25)21(26)15-19/h7-11,13,15,22H,4-6,12,14,16H2,1-3H3,(H,27,30)/t22-/m1/s1. The normalized spacial score (nSPS) is 11.8. The van der Waals surface area contributed by atoms with Crippen LogP contribution in [-0.4, -0.2) is 29.3 Å². The lowest BCUT2D eigenvalue weighted by Crippen LogP contribution is -2.49. The molecule has 0 heterocycles. The molecule has 0 saturated heterocycles. The van der Waals surface area contributed by atoms with Gasteiger partial charge in [-0.05, 0) is 55.0 Å². The van der Waals surface area contributed by atoms with Crippen LogP contribution in [0.2, 0.25) is 10.0 Å². The Hall–Kier alpha value is -2.04. The highest BCUT2D eigenvalue weighted by Gasteiger charge is 2.28.